The molecule has 2 rings (SSSR count). The van der Waals surface area contributed by atoms with Crippen LogP contribution >= 0.6 is 23.2 Å². The average Bonchev–Trinajstić information content (AvgIpc) is 2.71. The lowest BCUT2D eigenvalue weighted by molar-refractivity contribution is -0.132. The zero-order valence-electron chi connectivity index (χ0n) is 17.3. The maximum Gasteiger partial charge on any atom is 0.238 e. The van der Waals surface area contributed by atoms with E-state index in [0.29, 0.717) is 27.8 Å². The maximum absolute atomic E-state index is 14.0. The largest absolute Gasteiger partial charge is 0.340 e. The van der Waals surface area contributed by atoms with Crippen LogP contribution in [-0.4, -0.2) is 48.3 Å². The van der Waals surface area contributed by atoms with Gasteiger partial charge >= 0.3 is 0 Å². The fourth-order valence-electron chi connectivity index (χ4n) is 2.94. The fourth-order valence-corrected chi connectivity index (χ4v) is 3.39. The summed E-state index contributed by atoms with van der Waals surface area (Å²) < 4.78 is 14.0. The highest BCUT2D eigenvalue weighted by Crippen LogP contribution is 2.25. The van der Waals surface area contributed by atoms with E-state index in [2.05, 4.69) is 5.32 Å². The predicted octanol–water partition coefficient (Wildman–Crippen LogP) is 4.31. The second-order valence-corrected chi connectivity index (χ2v) is 7.89. The molecule has 2 aromatic carbocycles. The Hall–Kier alpha value is -2.66. The van der Waals surface area contributed by atoms with Gasteiger partial charge in [0, 0.05) is 24.2 Å². The third-order valence-corrected chi connectivity index (χ3v) is 5.03. The second-order valence-electron chi connectivity index (χ2n) is 7.05. The minimum absolute atomic E-state index is 0.00826. The van der Waals surface area contributed by atoms with Crippen LogP contribution in [0, 0.1) is 17.1 Å². The number of halogens is 3. The Morgan fingerprint density at radius 1 is 1.16 bits per heavy atom. The Labute approximate surface area is 191 Å². The lowest BCUT2D eigenvalue weighted by atomic mass is 10.1. The summed E-state index contributed by atoms with van der Waals surface area (Å²) in [6.45, 7) is 2.47. The summed E-state index contributed by atoms with van der Waals surface area (Å²) in [5.41, 5.74) is 1.01. The molecule has 6 nitrogen and oxygen atoms in total. The van der Waals surface area contributed by atoms with Crippen molar-refractivity contribution in [1.29, 1.82) is 5.26 Å². The number of rotatable bonds is 9. The first-order chi connectivity index (χ1) is 14.7. The van der Waals surface area contributed by atoms with Crippen molar-refractivity contribution in [1.82, 2.24) is 9.80 Å². The third-order valence-electron chi connectivity index (χ3n) is 4.48. The van der Waals surface area contributed by atoms with Crippen molar-refractivity contribution in [3.8, 4) is 6.07 Å². The lowest BCUT2D eigenvalue weighted by Gasteiger charge is -2.24. The summed E-state index contributed by atoms with van der Waals surface area (Å²) in [5, 5.41) is 12.5. The van der Waals surface area contributed by atoms with Gasteiger partial charge in [0.05, 0.1) is 35.4 Å². The van der Waals surface area contributed by atoms with Gasteiger partial charge in [-0.05, 0) is 49.4 Å². The molecule has 0 aliphatic rings. The van der Waals surface area contributed by atoms with E-state index >= 15 is 0 Å². The number of nitrogens with zero attached hydrogens (tertiary/aromatic N) is 3. The van der Waals surface area contributed by atoms with Gasteiger partial charge in [0.1, 0.15) is 5.82 Å². The molecule has 2 amide bonds. The first-order valence-corrected chi connectivity index (χ1v) is 10.4. The van der Waals surface area contributed by atoms with E-state index < -0.39 is 5.82 Å². The molecule has 0 unspecified atom stereocenters. The predicted molar refractivity (Wildman–Crippen MR) is 119 cm³/mol. The van der Waals surface area contributed by atoms with Crippen LogP contribution < -0.4 is 5.32 Å². The number of carbonyl (C=O) groups is 2. The van der Waals surface area contributed by atoms with Crippen LogP contribution in [0.2, 0.25) is 10.0 Å². The van der Waals surface area contributed by atoms with E-state index in [1.165, 1.54) is 29.2 Å². The van der Waals surface area contributed by atoms with Crippen molar-refractivity contribution >= 4 is 40.7 Å². The van der Waals surface area contributed by atoms with Crippen LogP contribution in [0.15, 0.2) is 36.4 Å². The molecule has 0 saturated heterocycles. The van der Waals surface area contributed by atoms with Crippen LogP contribution in [0.3, 0.4) is 0 Å². The van der Waals surface area contributed by atoms with Gasteiger partial charge in [0.25, 0.3) is 0 Å². The fraction of sp³-hybridized carbons (Fsp3) is 0.318. The van der Waals surface area contributed by atoms with Crippen LogP contribution in [0.5, 0.6) is 0 Å². The Bertz CT molecular complexity index is 994. The highest BCUT2D eigenvalue weighted by Gasteiger charge is 2.18. The van der Waals surface area contributed by atoms with E-state index in [0.717, 1.165) is 6.42 Å². The molecule has 9 heteroatoms. The molecule has 0 heterocycles. The van der Waals surface area contributed by atoms with Crippen molar-refractivity contribution in [3.63, 3.8) is 0 Å². The van der Waals surface area contributed by atoms with Gasteiger partial charge in [-0.15, -0.1) is 0 Å². The number of nitriles is 1. The summed E-state index contributed by atoms with van der Waals surface area (Å²) >= 11 is 11.9. The molecule has 164 valence electrons. The smallest absolute Gasteiger partial charge is 0.238 e. The van der Waals surface area contributed by atoms with E-state index in [1.54, 1.807) is 24.1 Å². The molecule has 1 N–H and O–H groups in total. The zero-order chi connectivity index (χ0) is 23.0. The van der Waals surface area contributed by atoms with Gasteiger partial charge in [0.15, 0.2) is 0 Å². The summed E-state index contributed by atoms with van der Waals surface area (Å²) in [5.74, 6) is -1.07. The molecule has 0 aromatic heterocycles. The molecule has 0 aliphatic heterocycles. The average molecular weight is 465 g/mol. The Morgan fingerprint density at radius 3 is 2.55 bits per heavy atom. The maximum atomic E-state index is 14.0. The van der Waals surface area contributed by atoms with Gasteiger partial charge in [-0.2, -0.15) is 5.26 Å². The molecule has 0 spiro atoms. The molecular weight excluding hydrogens is 442 g/mol. The zero-order valence-corrected chi connectivity index (χ0v) is 18.8. The first kappa shape index (κ1) is 24.6. The van der Waals surface area contributed by atoms with Crippen molar-refractivity contribution in [2.24, 2.45) is 0 Å². The molecule has 0 bridgehead atoms. The van der Waals surface area contributed by atoms with Crippen LogP contribution in [0.4, 0.5) is 10.1 Å². The number of carbonyl (C=O) groups excluding carboxylic acids is 2. The Morgan fingerprint density at radius 2 is 1.90 bits per heavy atom. The highest BCUT2D eigenvalue weighted by molar-refractivity contribution is 6.36. The van der Waals surface area contributed by atoms with Crippen LogP contribution in [0.1, 0.15) is 24.5 Å². The molecule has 0 radical (unpaired) electrons. The number of likely N-dealkylation sites (N-methyl/N-ethyl adjacent to an activating group) is 1. The van der Waals surface area contributed by atoms with Crippen LogP contribution in [0.25, 0.3) is 0 Å². The quantitative estimate of drug-likeness (QED) is 0.599. The molecule has 0 aliphatic carbocycles. The van der Waals surface area contributed by atoms with Gasteiger partial charge in [-0.25, -0.2) is 4.39 Å². The molecule has 0 fully saturated rings. The van der Waals surface area contributed by atoms with E-state index in [1.807, 2.05) is 13.0 Å². The summed E-state index contributed by atoms with van der Waals surface area (Å²) in [6, 6.07) is 10.7. The van der Waals surface area contributed by atoms with E-state index in [4.69, 9.17) is 28.5 Å². The lowest BCUT2D eigenvalue weighted by Crippen LogP contribution is -2.42. The third kappa shape index (κ3) is 7.51. The number of hydrogen-bond acceptors (Lipinski definition) is 4. The van der Waals surface area contributed by atoms with Crippen molar-refractivity contribution in [2.75, 3.05) is 32.0 Å². The summed E-state index contributed by atoms with van der Waals surface area (Å²) in [7, 11) is 1.55. The molecular formula is C22H23Cl2FN4O2. The van der Waals surface area contributed by atoms with Gasteiger partial charge in [-0.1, -0.05) is 30.1 Å². The summed E-state index contributed by atoms with van der Waals surface area (Å²) in [4.78, 5) is 28.2. The SMILES string of the molecule is CCCN(CC(=O)Nc1ccc(Cl)cc1Cl)CC(=O)N(C)Cc1cc(C#N)ccc1F. The van der Waals surface area contributed by atoms with E-state index in [-0.39, 0.29) is 37.0 Å². The van der Waals surface area contributed by atoms with Crippen molar-refractivity contribution < 1.29 is 14.0 Å². The number of amides is 2. The van der Waals surface area contributed by atoms with Crippen molar-refractivity contribution in [2.45, 2.75) is 19.9 Å². The molecule has 0 saturated carbocycles. The minimum Gasteiger partial charge on any atom is -0.340 e. The van der Waals surface area contributed by atoms with Gasteiger partial charge in [0.2, 0.25) is 11.8 Å². The number of anilines is 1. The Kier molecular flexibility index (Phi) is 9.25. The number of benzene rings is 2. The van der Waals surface area contributed by atoms with Crippen molar-refractivity contribution in [3.05, 3.63) is 63.4 Å². The number of nitrogens with one attached hydrogen (secondary N) is 1. The summed E-state index contributed by atoms with van der Waals surface area (Å²) in [6.07, 6.45) is 0.741. The monoisotopic (exact) mass is 464 g/mol. The second kappa shape index (κ2) is 11.7. The molecule has 2 aromatic rings. The number of hydrogen-bond donors (Lipinski definition) is 1. The molecule has 0 atom stereocenters. The van der Waals surface area contributed by atoms with Gasteiger partial charge in [-0.3, -0.25) is 14.5 Å². The molecule has 31 heavy (non-hydrogen) atoms. The minimum atomic E-state index is -0.483. The van der Waals surface area contributed by atoms with Crippen LogP contribution in [-0.2, 0) is 16.1 Å². The Balaban J connectivity index is 1.99. The normalized spacial score (nSPS) is 10.6. The standard InChI is InChI=1S/C22H23Cl2FN4O2/c1-3-8-29(13-21(30)27-20-7-5-17(23)10-18(20)24)14-22(31)28(2)12-16-9-15(11-26)4-6-19(16)25/h4-7,9-10H,3,8,12-14H2,1-2H3,(H,27,30). The van der Waals surface area contributed by atoms with Gasteiger partial charge < -0.3 is 10.2 Å². The highest BCUT2D eigenvalue weighted by atomic mass is 35.5. The topological polar surface area (TPSA) is 76.4 Å². The van der Waals surface area contributed by atoms with E-state index in [9.17, 15) is 14.0 Å². The first-order valence-electron chi connectivity index (χ1n) is 9.63.